The van der Waals surface area contributed by atoms with Gasteiger partial charge in [0.1, 0.15) is 17.2 Å². The molecule has 0 aliphatic carbocycles. The molecule has 1 aliphatic heterocycles. The van der Waals surface area contributed by atoms with Gasteiger partial charge in [-0.3, -0.25) is 9.59 Å². The number of hydrogen-bond donors (Lipinski definition) is 1. The van der Waals surface area contributed by atoms with Gasteiger partial charge in [-0.15, -0.1) is 0 Å². The molecular formula is C19H18F2N2O2. The number of piperidine rings is 1. The zero-order chi connectivity index (χ0) is 17.8. The van der Waals surface area contributed by atoms with Crippen molar-refractivity contribution in [3.8, 4) is 0 Å². The summed E-state index contributed by atoms with van der Waals surface area (Å²) >= 11 is 0. The van der Waals surface area contributed by atoms with Crippen molar-refractivity contribution < 1.29 is 18.4 Å². The van der Waals surface area contributed by atoms with Crippen LogP contribution in [0.1, 0.15) is 40.0 Å². The highest BCUT2D eigenvalue weighted by Gasteiger charge is 2.19. The Kier molecular flexibility index (Phi) is 5.07. The van der Waals surface area contributed by atoms with E-state index in [1.807, 2.05) is 4.90 Å². The van der Waals surface area contributed by atoms with E-state index in [9.17, 15) is 18.4 Å². The summed E-state index contributed by atoms with van der Waals surface area (Å²) in [5.41, 5.74) is 0.260. The molecule has 2 aromatic rings. The SMILES string of the molecule is O=C(Nc1ccc(C(=O)N2CCCCC2)cc1)c1c(F)cccc1F. The zero-order valence-corrected chi connectivity index (χ0v) is 13.6. The lowest BCUT2D eigenvalue weighted by molar-refractivity contribution is 0.0724. The molecule has 1 N–H and O–H groups in total. The number of carbonyl (C=O) groups is 2. The minimum Gasteiger partial charge on any atom is -0.339 e. The van der Waals surface area contributed by atoms with E-state index in [2.05, 4.69) is 5.32 Å². The summed E-state index contributed by atoms with van der Waals surface area (Å²) in [6.45, 7) is 1.51. The molecule has 0 unspecified atom stereocenters. The van der Waals surface area contributed by atoms with Crippen LogP contribution < -0.4 is 5.32 Å². The number of halogens is 2. The average molecular weight is 344 g/mol. The maximum Gasteiger partial charge on any atom is 0.261 e. The van der Waals surface area contributed by atoms with Gasteiger partial charge in [0.2, 0.25) is 0 Å². The molecule has 2 aromatic carbocycles. The number of rotatable bonds is 3. The maximum absolute atomic E-state index is 13.6. The second kappa shape index (κ2) is 7.42. The molecule has 0 spiro atoms. The first-order chi connectivity index (χ1) is 12.1. The molecule has 1 heterocycles. The van der Waals surface area contributed by atoms with Gasteiger partial charge in [0.15, 0.2) is 0 Å². The van der Waals surface area contributed by atoms with Crippen LogP contribution in [0.4, 0.5) is 14.5 Å². The molecule has 6 heteroatoms. The quantitative estimate of drug-likeness (QED) is 0.920. The van der Waals surface area contributed by atoms with Crippen molar-refractivity contribution in [2.75, 3.05) is 18.4 Å². The van der Waals surface area contributed by atoms with Crippen molar-refractivity contribution in [1.29, 1.82) is 0 Å². The lowest BCUT2D eigenvalue weighted by Gasteiger charge is -2.26. The molecule has 1 fully saturated rings. The summed E-state index contributed by atoms with van der Waals surface area (Å²) in [5.74, 6) is -2.76. The minimum absolute atomic E-state index is 0.0438. The van der Waals surface area contributed by atoms with Gasteiger partial charge >= 0.3 is 0 Å². The van der Waals surface area contributed by atoms with Gasteiger partial charge < -0.3 is 10.2 Å². The van der Waals surface area contributed by atoms with Crippen LogP contribution in [0, 0.1) is 11.6 Å². The standard InChI is InChI=1S/C19H18F2N2O2/c20-15-5-4-6-16(21)17(15)18(24)22-14-9-7-13(8-10-14)19(25)23-11-2-1-3-12-23/h4-10H,1-3,11-12H2,(H,22,24). The number of carbonyl (C=O) groups excluding carboxylic acids is 2. The Hall–Kier alpha value is -2.76. The van der Waals surface area contributed by atoms with Gasteiger partial charge in [0.25, 0.3) is 11.8 Å². The summed E-state index contributed by atoms with van der Waals surface area (Å²) in [6, 6.07) is 9.55. The maximum atomic E-state index is 13.6. The van der Waals surface area contributed by atoms with Crippen LogP contribution in [0.5, 0.6) is 0 Å². The van der Waals surface area contributed by atoms with Crippen LogP contribution >= 0.6 is 0 Å². The Morgan fingerprint density at radius 1 is 0.880 bits per heavy atom. The van der Waals surface area contributed by atoms with E-state index in [0.717, 1.165) is 44.5 Å². The summed E-state index contributed by atoms with van der Waals surface area (Å²) in [6.07, 6.45) is 3.16. The molecule has 0 radical (unpaired) electrons. The van der Waals surface area contributed by atoms with E-state index in [4.69, 9.17) is 0 Å². The van der Waals surface area contributed by atoms with Crippen LogP contribution in [0.2, 0.25) is 0 Å². The minimum atomic E-state index is -0.922. The van der Waals surface area contributed by atoms with E-state index < -0.39 is 23.1 Å². The molecule has 1 aliphatic rings. The second-order valence-corrected chi connectivity index (χ2v) is 5.98. The van der Waals surface area contributed by atoms with Crippen molar-refractivity contribution in [3.63, 3.8) is 0 Å². The van der Waals surface area contributed by atoms with Gasteiger partial charge in [-0.05, 0) is 55.7 Å². The van der Waals surface area contributed by atoms with Crippen LogP contribution in [0.25, 0.3) is 0 Å². The molecule has 3 rings (SSSR count). The lowest BCUT2D eigenvalue weighted by Crippen LogP contribution is -2.35. The molecule has 25 heavy (non-hydrogen) atoms. The first kappa shape index (κ1) is 17.1. The van der Waals surface area contributed by atoms with Crippen molar-refractivity contribution in [1.82, 2.24) is 4.90 Å². The summed E-state index contributed by atoms with van der Waals surface area (Å²) in [7, 11) is 0. The van der Waals surface area contributed by atoms with Crippen LogP contribution in [0.15, 0.2) is 42.5 Å². The van der Waals surface area contributed by atoms with E-state index in [1.165, 1.54) is 6.07 Å². The molecule has 0 saturated carbocycles. The zero-order valence-electron chi connectivity index (χ0n) is 13.6. The van der Waals surface area contributed by atoms with Crippen LogP contribution in [0.3, 0.4) is 0 Å². The number of benzene rings is 2. The lowest BCUT2D eigenvalue weighted by atomic mass is 10.1. The highest BCUT2D eigenvalue weighted by molar-refractivity contribution is 6.05. The van der Waals surface area contributed by atoms with Gasteiger partial charge in [-0.25, -0.2) is 8.78 Å². The fourth-order valence-electron chi connectivity index (χ4n) is 2.88. The van der Waals surface area contributed by atoms with E-state index in [1.54, 1.807) is 24.3 Å². The number of anilines is 1. The number of nitrogens with one attached hydrogen (secondary N) is 1. The van der Waals surface area contributed by atoms with E-state index >= 15 is 0 Å². The number of amides is 2. The smallest absolute Gasteiger partial charge is 0.261 e. The molecule has 4 nitrogen and oxygen atoms in total. The molecule has 130 valence electrons. The van der Waals surface area contributed by atoms with Crippen LogP contribution in [-0.2, 0) is 0 Å². The number of likely N-dealkylation sites (tertiary alicyclic amines) is 1. The molecular weight excluding hydrogens is 326 g/mol. The molecule has 0 aromatic heterocycles. The van der Waals surface area contributed by atoms with E-state index in [0.29, 0.717) is 11.3 Å². The Morgan fingerprint density at radius 2 is 1.48 bits per heavy atom. The average Bonchev–Trinajstić information content (AvgIpc) is 2.62. The number of hydrogen-bond acceptors (Lipinski definition) is 2. The van der Waals surface area contributed by atoms with Gasteiger partial charge in [-0.1, -0.05) is 6.07 Å². The third kappa shape index (κ3) is 3.84. The summed E-state index contributed by atoms with van der Waals surface area (Å²) in [5, 5.41) is 2.44. The first-order valence-corrected chi connectivity index (χ1v) is 8.21. The fraction of sp³-hybridized carbons (Fsp3) is 0.263. The monoisotopic (exact) mass is 344 g/mol. The molecule has 1 saturated heterocycles. The van der Waals surface area contributed by atoms with Gasteiger partial charge in [0, 0.05) is 24.3 Å². The van der Waals surface area contributed by atoms with Crippen molar-refractivity contribution in [2.45, 2.75) is 19.3 Å². The topological polar surface area (TPSA) is 49.4 Å². The summed E-state index contributed by atoms with van der Waals surface area (Å²) in [4.78, 5) is 26.3. The fourth-order valence-corrected chi connectivity index (χ4v) is 2.88. The van der Waals surface area contributed by atoms with Gasteiger partial charge in [-0.2, -0.15) is 0 Å². The van der Waals surface area contributed by atoms with Crippen molar-refractivity contribution >= 4 is 17.5 Å². The Bertz CT molecular complexity index is 764. The molecule has 0 bridgehead atoms. The first-order valence-electron chi connectivity index (χ1n) is 8.21. The normalized spacial score (nSPS) is 14.2. The Labute approximate surface area is 144 Å². The van der Waals surface area contributed by atoms with Crippen molar-refractivity contribution in [2.24, 2.45) is 0 Å². The predicted molar refractivity (Wildman–Crippen MR) is 90.5 cm³/mol. The van der Waals surface area contributed by atoms with Gasteiger partial charge in [0.05, 0.1) is 0 Å². The highest BCUT2D eigenvalue weighted by atomic mass is 19.1. The number of nitrogens with zero attached hydrogens (tertiary/aromatic N) is 1. The largest absolute Gasteiger partial charge is 0.339 e. The summed E-state index contributed by atoms with van der Waals surface area (Å²) < 4.78 is 27.3. The second-order valence-electron chi connectivity index (χ2n) is 5.98. The third-order valence-electron chi connectivity index (χ3n) is 4.22. The molecule has 2 amide bonds. The highest BCUT2D eigenvalue weighted by Crippen LogP contribution is 2.18. The third-order valence-corrected chi connectivity index (χ3v) is 4.22. The Balaban J connectivity index is 1.70. The predicted octanol–water partition coefficient (Wildman–Crippen LogP) is 3.84. The molecule has 0 atom stereocenters. The van der Waals surface area contributed by atoms with Crippen LogP contribution in [-0.4, -0.2) is 29.8 Å². The van der Waals surface area contributed by atoms with E-state index in [-0.39, 0.29) is 5.91 Å². The van der Waals surface area contributed by atoms with Crippen molar-refractivity contribution in [3.05, 3.63) is 65.2 Å². The Morgan fingerprint density at radius 3 is 2.08 bits per heavy atom.